The van der Waals surface area contributed by atoms with E-state index in [1.54, 1.807) is 0 Å². The molecule has 0 N–H and O–H groups in total. The number of rotatable bonds is 1. The number of nitrogens with zero attached hydrogens (tertiary/aromatic N) is 3. The molecule has 0 unspecified atom stereocenters. The number of benzene rings is 4. The fraction of sp³-hybridized carbons (Fsp3) is 0. The van der Waals surface area contributed by atoms with Gasteiger partial charge in [0.2, 0.25) is 0 Å². The Morgan fingerprint density at radius 2 is 0.970 bits per heavy atom. The molecule has 0 fully saturated rings. The van der Waals surface area contributed by atoms with Crippen LogP contribution in [0, 0.1) is 0 Å². The van der Waals surface area contributed by atoms with Gasteiger partial charge in [0.25, 0.3) is 0 Å². The molecule has 4 aromatic carbocycles. The van der Waals surface area contributed by atoms with E-state index >= 15 is 0 Å². The Balaban J connectivity index is 1.81. The highest BCUT2D eigenvalue weighted by Crippen LogP contribution is 2.39. The summed E-state index contributed by atoms with van der Waals surface area (Å²) in [4.78, 5) is 0. The van der Waals surface area contributed by atoms with Gasteiger partial charge in [0, 0.05) is 21.8 Å². The van der Waals surface area contributed by atoms with Gasteiger partial charge in [-0.2, -0.15) is 0 Å². The molecule has 3 heteroatoms. The van der Waals surface area contributed by atoms with Crippen molar-refractivity contribution in [2.24, 2.45) is 0 Å². The van der Waals surface area contributed by atoms with Crippen LogP contribution in [0.25, 0.3) is 60.6 Å². The van der Waals surface area contributed by atoms with Crippen LogP contribution in [-0.4, -0.2) is 13.4 Å². The first kappa shape index (κ1) is 17.1. The van der Waals surface area contributed by atoms with Gasteiger partial charge >= 0.3 is 0 Å². The number of hydrogen-bond donors (Lipinski definition) is 0. The van der Waals surface area contributed by atoms with Gasteiger partial charge in [-0.3, -0.25) is 8.97 Å². The Labute approximate surface area is 189 Å². The fourth-order valence-corrected chi connectivity index (χ4v) is 5.63. The SMILES string of the molecule is c1ccc(-n2c3ccccc3c3c2n2c4ccccc4cc2c2cc4ccccc4n23)cc1. The van der Waals surface area contributed by atoms with Gasteiger partial charge in [-0.05, 0) is 42.5 Å². The Hall–Kier alpha value is -4.50. The van der Waals surface area contributed by atoms with E-state index in [1.807, 2.05) is 0 Å². The van der Waals surface area contributed by atoms with Crippen LogP contribution in [0.5, 0.6) is 0 Å². The highest BCUT2D eigenvalue weighted by Gasteiger charge is 2.22. The molecule has 4 heterocycles. The van der Waals surface area contributed by atoms with Crippen LogP contribution in [-0.2, 0) is 0 Å². The Kier molecular flexibility index (Phi) is 3.14. The molecule has 0 saturated heterocycles. The molecule has 154 valence electrons. The summed E-state index contributed by atoms with van der Waals surface area (Å²) < 4.78 is 7.32. The van der Waals surface area contributed by atoms with Crippen LogP contribution >= 0.6 is 0 Å². The number of hydrogen-bond acceptors (Lipinski definition) is 0. The summed E-state index contributed by atoms with van der Waals surface area (Å²) >= 11 is 0. The van der Waals surface area contributed by atoms with E-state index in [9.17, 15) is 0 Å². The number of aromatic nitrogens is 3. The van der Waals surface area contributed by atoms with E-state index in [1.165, 1.54) is 60.6 Å². The predicted molar refractivity (Wildman–Crippen MR) is 138 cm³/mol. The van der Waals surface area contributed by atoms with Crippen LogP contribution in [0.1, 0.15) is 0 Å². The maximum Gasteiger partial charge on any atom is 0.148 e. The molecule has 33 heavy (non-hydrogen) atoms. The monoisotopic (exact) mass is 421 g/mol. The first-order chi connectivity index (χ1) is 16.4. The molecule has 8 rings (SSSR count). The van der Waals surface area contributed by atoms with Gasteiger partial charge in [-0.1, -0.05) is 72.8 Å². The van der Waals surface area contributed by atoms with Crippen molar-refractivity contribution in [2.45, 2.75) is 0 Å². The summed E-state index contributed by atoms with van der Waals surface area (Å²) in [5, 5.41) is 3.76. The van der Waals surface area contributed by atoms with Gasteiger partial charge in [0.1, 0.15) is 5.65 Å². The highest BCUT2D eigenvalue weighted by molar-refractivity contribution is 6.13. The molecule has 0 saturated carbocycles. The second-order valence-corrected chi connectivity index (χ2v) is 8.71. The largest absolute Gasteiger partial charge is 0.304 e. The highest BCUT2D eigenvalue weighted by atomic mass is 15.1. The van der Waals surface area contributed by atoms with Crippen molar-refractivity contribution >= 4 is 54.9 Å². The molecule has 3 nitrogen and oxygen atoms in total. The third-order valence-corrected chi connectivity index (χ3v) is 6.96. The summed E-state index contributed by atoms with van der Waals surface area (Å²) in [6, 6.07) is 41.5. The Morgan fingerprint density at radius 1 is 0.424 bits per heavy atom. The zero-order valence-electron chi connectivity index (χ0n) is 17.8. The lowest BCUT2D eigenvalue weighted by Gasteiger charge is -2.12. The average molecular weight is 422 g/mol. The Bertz CT molecular complexity index is 2020. The molecule has 0 spiro atoms. The van der Waals surface area contributed by atoms with Crippen molar-refractivity contribution in [3.8, 4) is 5.69 Å². The molecular weight excluding hydrogens is 402 g/mol. The minimum atomic E-state index is 1.17. The van der Waals surface area contributed by atoms with Gasteiger partial charge in [0.15, 0.2) is 0 Å². The number of para-hydroxylation sites is 4. The van der Waals surface area contributed by atoms with E-state index in [2.05, 4.69) is 129 Å². The molecule has 8 aromatic rings. The van der Waals surface area contributed by atoms with Gasteiger partial charge in [0.05, 0.1) is 33.1 Å². The first-order valence-corrected chi connectivity index (χ1v) is 11.3. The lowest BCUT2D eigenvalue weighted by molar-refractivity contribution is 1.10. The van der Waals surface area contributed by atoms with Crippen LogP contribution in [0.2, 0.25) is 0 Å². The van der Waals surface area contributed by atoms with E-state index in [-0.39, 0.29) is 0 Å². The molecule has 0 aliphatic rings. The minimum absolute atomic E-state index is 1.17. The zero-order valence-corrected chi connectivity index (χ0v) is 17.8. The second-order valence-electron chi connectivity index (χ2n) is 8.71. The third kappa shape index (κ3) is 2.09. The minimum Gasteiger partial charge on any atom is -0.304 e. The van der Waals surface area contributed by atoms with Gasteiger partial charge in [-0.25, -0.2) is 0 Å². The molecule has 0 atom stereocenters. The van der Waals surface area contributed by atoms with Crippen LogP contribution < -0.4 is 0 Å². The number of fused-ring (bicyclic) bond motifs is 12. The predicted octanol–water partition coefficient (Wildman–Crippen LogP) is 7.60. The quantitative estimate of drug-likeness (QED) is 0.259. The zero-order chi connectivity index (χ0) is 21.5. The Morgan fingerprint density at radius 3 is 1.70 bits per heavy atom. The molecule has 0 radical (unpaired) electrons. The van der Waals surface area contributed by atoms with Crippen molar-refractivity contribution in [1.29, 1.82) is 0 Å². The fourth-order valence-electron chi connectivity index (χ4n) is 5.63. The van der Waals surface area contributed by atoms with E-state index in [0.717, 1.165) is 0 Å². The maximum atomic E-state index is 2.46. The van der Waals surface area contributed by atoms with Crippen molar-refractivity contribution < 1.29 is 0 Å². The molecule has 0 aliphatic carbocycles. The van der Waals surface area contributed by atoms with E-state index in [4.69, 9.17) is 0 Å². The van der Waals surface area contributed by atoms with E-state index in [0.29, 0.717) is 0 Å². The molecule has 0 aliphatic heterocycles. The average Bonchev–Trinajstić information content (AvgIpc) is 3.54. The van der Waals surface area contributed by atoms with E-state index < -0.39 is 0 Å². The van der Waals surface area contributed by atoms with Crippen molar-refractivity contribution in [1.82, 2.24) is 13.4 Å². The lowest BCUT2D eigenvalue weighted by Crippen LogP contribution is -2.01. The van der Waals surface area contributed by atoms with Crippen LogP contribution in [0.15, 0.2) is 115 Å². The summed E-state index contributed by atoms with van der Waals surface area (Å²) in [5.41, 5.74) is 9.72. The molecule has 0 amide bonds. The third-order valence-electron chi connectivity index (χ3n) is 6.96. The first-order valence-electron chi connectivity index (χ1n) is 11.3. The molecule has 0 bridgehead atoms. The smallest absolute Gasteiger partial charge is 0.148 e. The van der Waals surface area contributed by atoms with Crippen LogP contribution in [0.4, 0.5) is 0 Å². The molecule has 4 aromatic heterocycles. The lowest BCUT2D eigenvalue weighted by atomic mass is 10.2. The topological polar surface area (TPSA) is 13.8 Å². The molecular formula is C30H19N3. The van der Waals surface area contributed by atoms with Crippen LogP contribution in [0.3, 0.4) is 0 Å². The van der Waals surface area contributed by atoms with Crippen molar-refractivity contribution in [2.75, 3.05) is 0 Å². The van der Waals surface area contributed by atoms with Gasteiger partial charge < -0.3 is 4.40 Å². The maximum absolute atomic E-state index is 2.46. The van der Waals surface area contributed by atoms with Gasteiger partial charge in [-0.15, -0.1) is 0 Å². The standard InChI is InChI=1S/C30H19N3/c1-2-12-22(13-3-1)31-26-17-9-6-14-23(26)29-30(31)33-25-16-8-5-11-21(25)19-28(33)27-18-20-10-4-7-15-24(20)32(27)29/h1-19H. The summed E-state index contributed by atoms with van der Waals surface area (Å²) in [7, 11) is 0. The van der Waals surface area contributed by atoms with Crippen molar-refractivity contribution in [3.63, 3.8) is 0 Å². The summed E-state index contributed by atoms with van der Waals surface area (Å²) in [6.45, 7) is 0. The normalized spacial score (nSPS) is 12.2. The summed E-state index contributed by atoms with van der Waals surface area (Å²) in [5.74, 6) is 0. The van der Waals surface area contributed by atoms with Crippen molar-refractivity contribution in [3.05, 3.63) is 115 Å². The summed E-state index contributed by atoms with van der Waals surface area (Å²) in [6.07, 6.45) is 0. The second kappa shape index (κ2) is 6.05.